The Morgan fingerprint density at radius 3 is 2.94 bits per heavy atom. The highest BCUT2D eigenvalue weighted by atomic mass is 79.9. The predicted molar refractivity (Wildman–Crippen MR) is 71.3 cm³/mol. The van der Waals surface area contributed by atoms with Crippen LogP contribution < -0.4 is 10.9 Å². The molecule has 2 N–H and O–H groups in total. The number of halogens is 1. The van der Waals surface area contributed by atoms with E-state index in [4.69, 9.17) is 5.11 Å². The van der Waals surface area contributed by atoms with E-state index in [2.05, 4.69) is 26.3 Å². The Bertz CT molecular complexity index is 406. The lowest BCUT2D eigenvalue weighted by Crippen LogP contribution is -2.24. The first-order valence-corrected chi connectivity index (χ1v) is 6.60. The van der Waals surface area contributed by atoms with E-state index in [9.17, 15) is 4.79 Å². The standard InChI is InChI=1S/C11H18BrN3O2/c1-2-6-15-11(17)10(12)9(8-14-15)13-5-3-4-7-16/h8,13,16H,2-7H2,1H3. The molecule has 0 aliphatic heterocycles. The maximum Gasteiger partial charge on any atom is 0.283 e. The normalized spacial score (nSPS) is 10.5. The molecule has 0 aliphatic rings. The van der Waals surface area contributed by atoms with Crippen molar-refractivity contribution < 1.29 is 5.11 Å². The van der Waals surface area contributed by atoms with Gasteiger partial charge in [-0.3, -0.25) is 4.79 Å². The van der Waals surface area contributed by atoms with Crippen LogP contribution in [0, 0.1) is 0 Å². The Balaban J connectivity index is 2.68. The molecule has 0 fully saturated rings. The third-order valence-corrected chi connectivity index (χ3v) is 3.09. The summed E-state index contributed by atoms with van der Waals surface area (Å²) in [6.45, 7) is 3.54. The molecule has 17 heavy (non-hydrogen) atoms. The van der Waals surface area contributed by atoms with E-state index in [1.807, 2.05) is 6.92 Å². The summed E-state index contributed by atoms with van der Waals surface area (Å²) in [5.74, 6) is 0. The van der Waals surface area contributed by atoms with Gasteiger partial charge < -0.3 is 10.4 Å². The van der Waals surface area contributed by atoms with Gasteiger partial charge >= 0.3 is 0 Å². The maximum atomic E-state index is 11.8. The first-order chi connectivity index (χ1) is 8.20. The van der Waals surface area contributed by atoms with Crippen LogP contribution in [0.15, 0.2) is 15.5 Å². The minimum atomic E-state index is -0.112. The van der Waals surface area contributed by atoms with Gasteiger partial charge in [-0.2, -0.15) is 5.10 Å². The summed E-state index contributed by atoms with van der Waals surface area (Å²) < 4.78 is 1.97. The molecule has 6 heteroatoms. The summed E-state index contributed by atoms with van der Waals surface area (Å²) in [4.78, 5) is 11.8. The number of aliphatic hydroxyl groups excluding tert-OH is 1. The Hall–Kier alpha value is -0.880. The average molecular weight is 304 g/mol. The number of hydrogen-bond donors (Lipinski definition) is 2. The van der Waals surface area contributed by atoms with Crippen molar-refractivity contribution in [3.8, 4) is 0 Å². The number of rotatable bonds is 7. The summed E-state index contributed by atoms with van der Waals surface area (Å²) in [6, 6.07) is 0. The molecular formula is C11H18BrN3O2. The van der Waals surface area contributed by atoms with Crippen LogP contribution >= 0.6 is 15.9 Å². The second-order valence-electron chi connectivity index (χ2n) is 3.76. The molecule has 1 heterocycles. The van der Waals surface area contributed by atoms with Gasteiger partial charge in [-0.15, -0.1) is 0 Å². The van der Waals surface area contributed by atoms with Crippen molar-refractivity contribution in [3.63, 3.8) is 0 Å². The lowest BCUT2D eigenvalue weighted by molar-refractivity contribution is 0.286. The molecule has 96 valence electrons. The smallest absolute Gasteiger partial charge is 0.283 e. The zero-order chi connectivity index (χ0) is 12.7. The highest BCUT2D eigenvalue weighted by molar-refractivity contribution is 9.10. The third kappa shape index (κ3) is 4.12. The molecule has 0 bridgehead atoms. The largest absolute Gasteiger partial charge is 0.396 e. The fraction of sp³-hybridized carbons (Fsp3) is 0.636. The topological polar surface area (TPSA) is 67.2 Å². The highest BCUT2D eigenvalue weighted by Gasteiger charge is 2.07. The number of nitrogens with one attached hydrogen (secondary N) is 1. The van der Waals surface area contributed by atoms with E-state index in [-0.39, 0.29) is 12.2 Å². The van der Waals surface area contributed by atoms with Crippen molar-refractivity contribution in [2.45, 2.75) is 32.7 Å². The molecule has 0 saturated carbocycles. The molecule has 1 rings (SSSR count). The highest BCUT2D eigenvalue weighted by Crippen LogP contribution is 2.16. The number of unbranched alkanes of at least 4 members (excludes halogenated alkanes) is 1. The molecule has 0 aliphatic carbocycles. The maximum absolute atomic E-state index is 11.8. The van der Waals surface area contributed by atoms with E-state index in [1.54, 1.807) is 6.20 Å². The van der Waals surface area contributed by atoms with E-state index in [0.29, 0.717) is 16.7 Å². The van der Waals surface area contributed by atoms with Gasteiger partial charge in [0.05, 0.1) is 11.9 Å². The third-order valence-electron chi connectivity index (χ3n) is 2.32. The van der Waals surface area contributed by atoms with Gasteiger partial charge in [0.15, 0.2) is 0 Å². The SMILES string of the molecule is CCCn1ncc(NCCCCO)c(Br)c1=O. The molecule has 0 unspecified atom stereocenters. The van der Waals surface area contributed by atoms with Gasteiger partial charge in [-0.1, -0.05) is 6.92 Å². The molecule has 0 spiro atoms. The first-order valence-electron chi connectivity index (χ1n) is 5.81. The van der Waals surface area contributed by atoms with Crippen molar-refractivity contribution in [3.05, 3.63) is 21.0 Å². The second kappa shape index (κ2) is 7.45. The molecule has 1 aromatic heterocycles. The predicted octanol–water partition coefficient (Wildman–Crippen LogP) is 1.60. The van der Waals surface area contributed by atoms with Crippen LogP contribution in [0.25, 0.3) is 0 Å². The van der Waals surface area contributed by atoms with E-state index >= 15 is 0 Å². The van der Waals surface area contributed by atoms with Crippen molar-refractivity contribution in [2.24, 2.45) is 0 Å². The molecular weight excluding hydrogens is 286 g/mol. The average Bonchev–Trinajstić information content (AvgIpc) is 2.33. The number of anilines is 1. The molecule has 0 atom stereocenters. The van der Waals surface area contributed by atoms with E-state index < -0.39 is 0 Å². The van der Waals surface area contributed by atoms with Crippen LogP contribution in [0.3, 0.4) is 0 Å². The van der Waals surface area contributed by atoms with Crippen LogP contribution in [0.2, 0.25) is 0 Å². The van der Waals surface area contributed by atoms with Crippen molar-refractivity contribution in [1.29, 1.82) is 0 Å². The van der Waals surface area contributed by atoms with Crippen LogP contribution in [0.5, 0.6) is 0 Å². The van der Waals surface area contributed by atoms with Gasteiger partial charge in [0.1, 0.15) is 4.47 Å². The number of aromatic nitrogens is 2. The summed E-state index contributed by atoms with van der Waals surface area (Å²) in [5.41, 5.74) is 0.597. The zero-order valence-corrected chi connectivity index (χ0v) is 11.5. The van der Waals surface area contributed by atoms with Crippen molar-refractivity contribution in [2.75, 3.05) is 18.5 Å². The summed E-state index contributed by atoms with van der Waals surface area (Å²) >= 11 is 3.28. The molecule has 1 aromatic rings. The Morgan fingerprint density at radius 1 is 1.53 bits per heavy atom. The Kier molecular flexibility index (Phi) is 6.21. The first kappa shape index (κ1) is 14.2. The number of aliphatic hydroxyl groups is 1. The van der Waals surface area contributed by atoms with Crippen LogP contribution in [-0.2, 0) is 6.54 Å². The van der Waals surface area contributed by atoms with Crippen LogP contribution in [-0.4, -0.2) is 28.0 Å². The minimum Gasteiger partial charge on any atom is -0.396 e. The molecule has 0 amide bonds. The number of aryl methyl sites for hydroxylation is 1. The van der Waals surface area contributed by atoms with E-state index in [0.717, 1.165) is 25.8 Å². The molecule has 0 saturated heterocycles. The molecule has 5 nitrogen and oxygen atoms in total. The van der Waals surface area contributed by atoms with E-state index in [1.165, 1.54) is 4.68 Å². The van der Waals surface area contributed by atoms with Gasteiger partial charge in [0.2, 0.25) is 0 Å². The van der Waals surface area contributed by atoms with Crippen LogP contribution in [0.1, 0.15) is 26.2 Å². The van der Waals surface area contributed by atoms with Gasteiger partial charge in [0, 0.05) is 19.7 Å². The quantitative estimate of drug-likeness (QED) is 0.751. The van der Waals surface area contributed by atoms with Gasteiger partial charge in [0.25, 0.3) is 5.56 Å². The lowest BCUT2D eigenvalue weighted by atomic mass is 10.3. The Labute approximate surface area is 109 Å². The zero-order valence-electron chi connectivity index (χ0n) is 9.95. The monoisotopic (exact) mass is 303 g/mol. The molecule has 0 radical (unpaired) electrons. The van der Waals surface area contributed by atoms with Crippen LogP contribution in [0.4, 0.5) is 5.69 Å². The minimum absolute atomic E-state index is 0.112. The van der Waals surface area contributed by atoms with Gasteiger partial charge in [-0.25, -0.2) is 4.68 Å². The fourth-order valence-corrected chi connectivity index (χ4v) is 1.87. The second-order valence-corrected chi connectivity index (χ2v) is 4.55. The lowest BCUT2D eigenvalue weighted by Gasteiger charge is -2.09. The number of hydrogen-bond acceptors (Lipinski definition) is 4. The summed E-state index contributed by atoms with van der Waals surface area (Å²) in [5, 5.41) is 15.9. The number of nitrogens with zero attached hydrogens (tertiary/aromatic N) is 2. The Morgan fingerprint density at radius 2 is 2.29 bits per heavy atom. The van der Waals surface area contributed by atoms with Gasteiger partial charge in [-0.05, 0) is 35.2 Å². The summed E-state index contributed by atoms with van der Waals surface area (Å²) in [6.07, 6.45) is 4.15. The summed E-state index contributed by atoms with van der Waals surface area (Å²) in [7, 11) is 0. The fourth-order valence-electron chi connectivity index (χ4n) is 1.42. The van der Waals surface area contributed by atoms with Crippen molar-refractivity contribution in [1.82, 2.24) is 9.78 Å². The molecule has 0 aromatic carbocycles. The van der Waals surface area contributed by atoms with Crippen molar-refractivity contribution >= 4 is 21.6 Å².